The molecule has 1 N–H and O–H groups in total. The summed E-state index contributed by atoms with van der Waals surface area (Å²) < 4.78 is 2.23. The van der Waals surface area contributed by atoms with Gasteiger partial charge in [-0.2, -0.15) is 0 Å². The molecule has 1 aliphatic rings. The van der Waals surface area contributed by atoms with Gasteiger partial charge in [0.15, 0.2) is 0 Å². The summed E-state index contributed by atoms with van der Waals surface area (Å²) in [6.45, 7) is 9.91. The van der Waals surface area contributed by atoms with Gasteiger partial charge in [-0.15, -0.1) is 0 Å². The highest BCUT2D eigenvalue weighted by Gasteiger charge is 2.27. The maximum absolute atomic E-state index is 11.9. The van der Waals surface area contributed by atoms with Crippen LogP contribution in [0.15, 0.2) is 30.4 Å². The van der Waals surface area contributed by atoms with E-state index >= 15 is 0 Å². The molecule has 0 radical (unpaired) electrons. The topological polar surface area (TPSA) is 46.9 Å². The molecule has 3 rings (SSSR count). The second-order valence-corrected chi connectivity index (χ2v) is 7.75. The Kier molecular flexibility index (Phi) is 4.98. The van der Waals surface area contributed by atoms with Gasteiger partial charge in [-0.25, -0.2) is 4.98 Å². The summed E-state index contributed by atoms with van der Waals surface area (Å²) in [5.41, 5.74) is 4.17. The summed E-state index contributed by atoms with van der Waals surface area (Å²) >= 11 is 0. The highest BCUT2D eigenvalue weighted by atomic mass is 16.1. The number of benzene rings is 1. The summed E-state index contributed by atoms with van der Waals surface area (Å²) in [6, 6.07) is 6.82. The number of rotatable bonds is 4. The summed E-state index contributed by atoms with van der Waals surface area (Å²) in [4.78, 5) is 16.9. The molecule has 0 saturated heterocycles. The number of aromatic nitrogens is 2. The molecule has 1 aliphatic carbocycles. The van der Waals surface area contributed by atoms with Gasteiger partial charge in [0.2, 0.25) is 5.91 Å². The summed E-state index contributed by atoms with van der Waals surface area (Å²) in [5.74, 6) is 2.01. The molecule has 4 heteroatoms. The second-order valence-electron chi connectivity index (χ2n) is 7.75. The second kappa shape index (κ2) is 7.03. The Hall–Kier alpha value is -2.10. The van der Waals surface area contributed by atoms with Crippen molar-refractivity contribution < 1.29 is 4.79 Å². The predicted molar refractivity (Wildman–Crippen MR) is 103 cm³/mol. The molecule has 1 saturated carbocycles. The van der Waals surface area contributed by atoms with Crippen LogP contribution in [0.25, 0.3) is 11.0 Å². The largest absolute Gasteiger partial charge is 0.350 e. The van der Waals surface area contributed by atoms with Gasteiger partial charge in [0.1, 0.15) is 5.82 Å². The Morgan fingerprint density at radius 2 is 2.12 bits per heavy atom. The van der Waals surface area contributed by atoms with Crippen LogP contribution >= 0.6 is 0 Å². The number of hydrogen-bond donors (Lipinski definition) is 1. The number of carbonyl (C=O) groups excluding carboxylic acids is 1. The van der Waals surface area contributed by atoms with E-state index in [0.29, 0.717) is 17.4 Å². The zero-order chi connectivity index (χ0) is 18.1. The molecule has 25 heavy (non-hydrogen) atoms. The first kappa shape index (κ1) is 17.7. The molecule has 1 aromatic heterocycles. The van der Waals surface area contributed by atoms with Crippen molar-refractivity contribution in [2.75, 3.05) is 0 Å². The van der Waals surface area contributed by atoms with Crippen LogP contribution in [0, 0.1) is 0 Å². The fraction of sp³-hybridized carbons (Fsp3) is 0.524. The molecule has 2 unspecified atom stereocenters. The van der Waals surface area contributed by atoms with Crippen molar-refractivity contribution in [1.82, 2.24) is 14.9 Å². The van der Waals surface area contributed by atoms with Crippen LogP contribution in [-0.4, -0.2) is 21.5 Å². The van der Waals surface area contributed by atoms with Crippen molar-refractivity contribution in [2.24, 2.45) is 7.05 Å². The van der Waals surface area contributed by atoms with E-state index in [2.05, 4.69) is 55.6 Å². The average Bonchev–Trinajstić information content (AvgIpc) is 2.91. The van der Waals surface area contributed by atoms with Crippen LogP contribution in [0.4, 0.5) is 0 Å². The van der Waals surface area contributed by atoms with Crippen LogP contribution < -0.4 is 5.32 Å². The van der Waals surface area contributed by atoms with Crippen molar-refractivity contribution in [3.8, 4) is 0 Å². The van der Waals surface area contributed by atoms with Crippen molar-refractivity contribution in [2.45, 2.75) is 64.3 Å². The molecule has 0 bridgehead atoms. The van der Waals surface area contributed by atoms with Crippen LogP contribution in [0.3, 0.4) is 0 Å². The third-order valence-electron chi connectivity index (χ3n) is 5.37. The minimum absolute atomic E-state index is 0.0303. The third-order valence-corrected chi connectivity index (χ3v) is 5.37. The lowest BCUT2D eigenvalue weighted by molar-refractivity contribution is -0.118. The number of fused-ring (bicyclic) bond motifs is 1. The molecule has 134 valence electrons. The quantitative estimate of drug-likeness (QED) is 0.839. The van der Waals surface area contributed by atoms with E-state index in [1.54, 1.807) is 6.92 Å². The average molecular weight is 339 g/mol. The van der Waals surface area contributed by atoms with Crippen LogP contribution in [0.2, 0.25) is 0 Å². The smallest absolute Gasteiger partial charge is 0.246 e. The van der Waals surface area contributed by atoms with Crippen molar-refractivity contribution in [3.05, 3.63) is 41.7 Å². The van der Waals surface area contributed by atoms with Gasteiger partial charge in [-0.3, -0.25) is 4.79 Å². The normalized spacial score (nSPS) is 20.8. The fourth-order valence-corrected chi connectivity index (χ4v) is 3.82. The van der Waals surface area contributed by atoms with Crippen molar-refractivity contribution in [3.63, 3.8) is 0 Å². The molecule has 1 heterocycles. The highest BCUT2D eigenvalue weighted by Crippen LogP contribution is 2.34. The Labute approximate surface area is 150 Å². The Morgan fingerprint density at radius 1 is 1.36 bits per heavy atom. The van der Waals surface area contributed by atoms with Crippen LogP contribution in [0.1, 0.15) is 69.7 Å². The van der Waals surface area contributed by atoms with Gasteiger partial charge in [0, 0.05) is 24.6 Å². The van der Waals surface area contributed by atoms with Gasteiger partial charge >= 0.3 is 0 Å². The first-order chi connectivity index (χ1) is 11.9. The number of imidazole rings is 1. The van der Waals surface area contributed by atoms with E-state index in [1.165, 1.54) is 11.1 Å². The van der Waals surface area contributed by atoms with E-state index in [9.17, 15) is 4.79 Å². The minimum Gasteiger partial charge on any atom is -0.350 e. The third kappa shape index (κ3) is 3.63. The molecule has 2 atom stereocenters. The first-order valence-corrected chi connectivity index (χ1v) is 9.29. The summed E-state index contributed by atoms with van der Waals surface area (Å²) in [7, 11) is 2.11. The van der Waals surface area contributed by atoms with Gasteiger partial charge in [-0.05, 0) is 49.8 Å². The number of amides is 1. The van der Waals surface area contributed by atoms with E-state index in [0.717, 1.165) is 37.0 Å². The predicted octanol–water partition coefficient (Wildman–Crippen LogP) is 4.42. The molecule has 0 spiro atoms. The maximum Gasteiger partial charge on any atom is 0.246 e. The van der Waals surface area contributed by atoms with Gasteiger partial charge in [0.05, 0.1) is 11.0 Å². The van der Waals surface area contributed by atoms with E-state index in [1.807, 2.05) is 0 Å². The molecule has 2 aromatic rings. The van der Waals surface area contributed by atoms with E-state index < -0.39 is 0 Å². The Bertz CT molecular complexity index is 803. The van der Waals surface area contributed by atoms with Crippen molar-refractivity contribution >= 4 is 16.9 Å². The van der Waals surface area contributed by atoms with E-state index in [4.69, 9.17) is 4.98 Å². The fourth-order valence-electron chi connectivity index (χ4n) is 3.82. The number of aryl methyl sites for hydroxylation is 1. The van der Waals surface area contributed by atoms with Crippen molar-refractivity contribution in [1.29, 1.82) is 0 Å². The molecule has 1 amide bonds. The lowest BCUT2D eigenvalue weighted by Crippen LogP contribution is -2.38. The maximum atomic E-state index is 11.9. The number of nitrogens with one attached hydrogen (secondary N) is 1. The van der Waals surface area contributed by atoms with Gasteiger partial charge < -0.3 is 9.88 Å². The van der Waals surface area contributed by atoms with Gasteiger partial charge in [-0.1, -0.05) is 32.9 Å². The molecule has 4 nitrogen and oxygen atoms in total. The minimum atomic E-state index is -0.0303. The summed E-state index contributed by atoms with van der Waals surface area (Å²) in [6.07, 6.45) is 4.24. The molecule has 1 fully saturated rings. The van der Waals surface area contributed by atoms with Crippen LogP contribution in [0.5, 0.6) is 0 Å². The number of hydrogen-bond acceptors (Lipinski definition) is 2. The lowest BCUT2D eigenvalue weighted by atomic mass is 9.85. The molecular weight excluding hydrogens is 310 g/mol. The monoisotopic (exact) mass is 339 g/mol. The van der Waals surface area contributed by atoms with E-state index in [-0.39, 0.29) is 11.9 Å². The Balaban J connectivity index is 1.84. The molecule has 1 aromatic carbocycles. The lowest BCUT2D eigenvalue weighted by Gasteiger charge is -2.29. The highest BCUT2D eigenvalue weighted by molar-refractivity contribution is 5.92. The number of carbonyl (C=O) groups is 1. The zero-order valence-corrected chi connectivity index (χ0v) is 15.8. The summed E-state index contributed by atoms with van der Waals surface area (Å²) in [5, 5.41) is 3.12. The molecule has 0 aliphatic heterocycles. The number of nitrogens with zero attached hydrogens (tertiary/aromatic N) is 2. The molecular formula is C21H29N3O. The standard InChI is InChI=1S/C21H29N3O/c1-13(2)15-9-10-19-18(12-15)23-20(24(19)5)16-7-6-8-17(11-16)22-21(25)14(3)4/h9-10,12-13,16-17H,3,6-8,11H2,1-2,4-5H3,(H,22,25). The Morgan fingerprint density at radius 3 is 2.80 bits per heavy atom. The zero-order valence-electron chi connectivity index (χ0n) is 15.8. The van der Waals surface area contributed by atoms with Crippen LogP contribution in [-0.2, 0) is 11.8 Å². The SMILES string of the molecule is C=C(C)C(=O)NC1CCCC(c2nc3cc(C(C)C)ccc3n2C)C1. The first-order valence-electron chi connectivity index (χ1n) is 9.29. The van der Waals surface area contributed by atoms with Gasteiger partial charge in [0.25, 0.3) is 0 Å².